The first kappa shape index (κ1) is 37.8. The predicted molar refractivity (Wildman–Crippen MR) is 208 cm³/mol. The van der Waals surface area contributed by atoms with Crippen LogP contribution in [0.4, 0.5) is 5.69 Å². The van der Waals surface area contributed by atoms with E-state index in [-0.39, 0.29) is 23.2 Å². The number of carboxylic acids is 1. The number of fused-ring (bicyclic) bond motifs is 4. The molecule has 10 heteroatoms. The lowest BCUT2D eigenvalue weighted by Crippen LogP contribution is -2.53. The number of halogens is 1. The topological polar surface area (TPSA) is 113 Å². The van der Waals surface area contributed by atoms with Crippen molar-refractivity contribution in [3.8, 4) is 17.2 Å². The Morgan fingerprint density at radius 2 is 1.81 bits per heavy atom. The summed E-state index contributed by atoms with van der Waals surface area (Å²) in [5.74, 6) is 2.70. The van der Waals surface area contributed by atoms with Crippen LogP contribution in [0, 0.1) is 17.8 Å². The number of aliphatic carboxylic acids is 1. The molecule has 1 saturated carbocycles. The first-order valence-electron chi connectivity index (χ1n) is 19.8. The van der Waals surface area contributed by atoms with Crippen LogP contribution in [-0.2, 0) is 16.6 Å². The number of aliphatic hydroxyl groups excluding tert-OH is 1. The molecule has 0 radical (unpaired) electrons. The van der Waals surface area contributed by atoms with Crippen LogP contribution in [0.15, 0.2) is 48.7 Å². The maximum Gasteiger partial charge on any atom is 0.329 e. The van der Waals surface area contributed by atoms with Crippen LogP contribution >= 0.6 is 11.6 Å². The van der Waals surface area contributed by atoms with E-state index < -0.39 is 17.6 Å². The number of aliphatic hydroxyl groups is 1. The highest BCUT2D eigenvalue weighted by Gasteiger charge is 2.54. The van der Waals surface area contributed by atoms with Gasteiger partial charge in [0.25, 0.3) is 0 Å². The van der Waals surface area contributed by atoms with Gasteiger partial charge in [-0.1, -0.05) is 45.4 Å². The molecule has 1 aliphatic heterocycles. The van der Waals surface area contributed by atoms with E-state index in [1.54, 1.807) is 18.3 Å². The summed E-state index contributed by atoms with van der Waals surface area (Å²) >= 11 is 6.30. The Labute approximate surface area is 319 Å². The van der Waals surface area contributed by atoms with E-state index in [2.05, 4.69) is 55.0 Å². The molecule has 3 aliphatic carbocycles. The Balaban J connectivity index is 1.14. The largest absolute Gasteiger partial charge is 0.493 e. The minimum absolute atomic E-state index is 0.210. The minimum atomic E-state index is -1.09. The standard InChI is InChI=1S/C43H56ClN3O6/c1-5-47(6-2)23-29-25-52-37-20-30-19-31(18-27(3)24-51-36-12-17-45-40-35(48)11-10-28(4)39(36)40)42(34(30)22-38(37)53-26-29)13-15-43(16-14-42,41(49)50)46-33-9-7-8-32(44)21-33/h7-9,12,17,20-22,27-29,31,35,46,48H,5-6,10-11,13-16,18-19,23-26H2,1-4H3,(H,49,50)/t27-,28+,29?,31?,35-,42?,43?/m1/s1. The fourth-order valence-electron chi connectivity index (χ4n) is 9.73. The molecule has 3 N–H and O–H groups in total. The van der Waals surface area contributed by atoms with Crippen molar-refractivity contribution in [1.29, 1.82) is 0 Å². The summed E-state index contributed by atoms with van der Waals surface area (Å²) < 4.78 is 19.5. The molecule has 4 aliphatic rings. The van der Waals surface area contributed by atoms with Gasteiger partial charge < -0.3 is 34.6 Å². The molecule has 5 atom stereocenters. The number of hydrogen-bond acceptors (Lipinski definition) is 8. The smallest absolute Gasteiger partial charge is 0.329 e. The number of rotatable bonds is 12. The molecule has 2 aromatic carbocycles. The van der Waals surface area contributed by atoms with Crippen molar-refractivity contribution in [3.63, 3.8) is 0 Å². The van der Waals surface area contributed by atoms with E-state index in [0.717, 1.165) is 92.4 Å². The molecule has 0 amide bonds. The summed E-state index contributed by atoms with van der Waals surface area (Å²) in [6.45, 7) is 13.5. The van der Waals surface area contributed by atoms with Crippen molar-refractivity contribution >= 4 is 23.3 Å². The van der Waals surface area contributed by atoms with Gasteiger partial charge in [0.15, 0.2) is 11.5 Å². The maximum absolute atomic E-state index is 13.0. The SMILES string of the molecule is CCN(CC)CC1COc2cc3c(cc2OC1)C1(CCC(Nc2cccc(Cl)c2)(C(=O)O)CC1)C(C[C@@H](C)COc1ccnc2c1[C@@H](C)CC[C@H]2O)C3. The normalized spacial score (nSPS) is 28.2. The molecule has 1 spiro atoms. The van der Waals surface area contributed by atoms with Crippen molar-refractivity contribution in [3.05, 3.63) is 76.1 Å². The Kier molecular flexibility index (Phi) is 11.2. The van der Waals surface area contributed by atoms with Crippen molar-refractivity contribution in [1.82, 2.24) is 9.88 Å². The first-order chi connectivity index (χ1) is 25.5. The number of nitrogens with zero attached hydrogens (tertiary/aromatic N) is 2. The van der Waals surface area contributed by atoms with Crippen LogP contribution in [0.5, 0.6) is 17.2 Å². The number of hydrogen-bond donors (Lipinski definition) is 3. The monoisotopic (exact) mass is 745 g/mol. The lowest BCUT2D eigenvalue weighted by atomic mass is 9.59. The van der Waals surface area contributed by atoms with Gasteiger partial charge in [0.2, 0.25) is 0 Å². The minimum Gasteiger partial charge on any atom is -0.493 e. The van der Waals surface area contributed by atoms with Crippen LogP contribution in [0.3, 0.4) is 0 Å². The van der Waals surface area contributed by atoms with E-state index in [0.29, 0.717) is 43.6 Å². The van der Waals surface area contributed by atoms with Crippen molar-refractivity contribution in [2.75, 3.05) is 44.8 Å². The molecule has 7 rings (SSSR count). The second-order valence-electron chi connectivity index (χ2n) is 16.3. The molecule has 3 aromatic rings. The van der Waals surface area contributed by atoms with Gasteiger partial charge in [-0.2, -0.15) is 0 Å². The number of anilines is 1. The van der Waals surface area contributed by atoms with E-state index >= 15 is 0 Å². The van der Waals surface area contributed by atoms with Crippen molar-refractivity contribution in [2.24, 2.45) is 17.8 Å². The summed E-state index contributed by atoms with van der Waals surface area (Å²) in [6.07, 6.45) is 7.09. The third kappa shape index (κ3) is 7.59. The summed E-state index contributed by atoms with van der Waals surface area (Å²) in [5, 5.41) is 25.3. The number of carboxylic acid groups (broad SMARTS) is 1. The van der Waals surface area contributed by atoms with Gasteiger partial charge in [-0.05, 0) is 135 Å². The Morgan fingerprint density at radius 3 is 2.51 bits per heavy atom. The van der Waals surface area contributed by atoms with Gasteiger partial charge >= 0.3 is 5.97 Å². The highest BCUT2D eigenvalue weighted by atomic mass is 35.5. The lowest BCUT2D eigenvalue weighted by molar-refractivity contribution is -0.144. The number of nitrogens with one attached hydrogen (secondary N) is 1. The van der Waals surface area contributed by atoms with Crippen molar-refractivity contribution < 1.29 is 29.2 Å². The molecule has 53 heavy (non-hydrogen) atoms. The predicted octanol–water partition coefficient (Wildman–Crippen LogP) is 8.42. The number of aromatic nitrogens is 1. The summed E-state index contributed by atoms with van der Waals surface area (Å²) in [7, 11) is 0. The molecule has 1 aromatic heterocycles. The maximum atomic E-state index is 13.0. The van der Waals surface area contributed by atoms with Gasteiger partial charge in [-0.25, -0.2) is 4.79 Å². The number of pyridine rings is 1. The van der Waals surface area contributed by atoms with E-state index in [4.69, 9.17) is 25.8 Å². The zero-order chi connectivity index (χ0) is 37.3. The van der Waals surface area contributed by atoms with Crippen molar-refractivity contribution in [2.45, 2.75) is 102 Å². The second-order valence-corrected chi connectivity index (χ2v) is 16.7. The highest BCUT2D eigenvalue weighted by Crippen LogP contribution is 2.58. The summed E-state index contributed by atoms with van der Waals surface area (Å²) in [6, 6.07) is 13.7. The Bertz CT molecular complexity index is 1770. The van der Waals surface area contributed by atoms with Gasteiger partial charge in [-0.15, -0.1) is 0 Å². The van der Waals surface area contributed by atoms with Gasteiger partial charge in [-0.3, -0.25) is 4.98 Å². The van der Waals surface area contributed by atoms with Crippen LogP contribution in [0.1, 0.15) is 107 Å². The molecule has 9 nitrogen and oxygen atoms in total. The molecular weight excluding hydrogens is 690 g/mol. The average Bonchev–Trinajstić information content (AvgIpc) is 3.28. The second kappa shape index (κ2) is 15.7. The quantitative estimate of drug-likeness (QED) is 0.168. The molecule has 0 saturated heterocycles. The third-order valence-electron chi connectivity index (χ3n) is 12.8. The van der Waals surface area contributed by atoms with Crippen LogP contribution < -0.4 is 19.5 Å². The molecule has 1 fully saturated rings. The zero-order valence-corrected chi connectivity index (χ0v) is 32.5. The number of ether oxygens (including phenoxy) is 3. The molecule has 286 valence electrons. The fourth-order valence-corrected chi connectivity index (χ4v) is 9.92. The lowest BCUT2D eigenvalue weighted by Gasteiger charge is -2.47. The summed E-state index contributed by atoms with van der Waals surface area (Å²) in [4.78, 5) is 20.0. The van der Waals surface area contributed by atoms with Crippen LogP contribution in [-0.4, -0.2) is 71.1 Å². The van der Waals surface area contributed by atoms with Gasteiger partial charge in [0, 0.05) is 34.9 Å². The van der Waals surface area contributed by atoms with Crippen LogP contribution in [0.25, 0.3) is 0 Å². The van der Waals surface area contributed by atoms with Crippen LogP contribution in [0.2, 0.25) is 5.02 Å². The molecule has 2 heterocycles. The molecule has 0 bridgehead atoms. The Hall–Kier alpha value is -3.53. The Morgan fingerprint density at radius 1 is 1.08 bits per heavy atom. The first-order valence-corrected chi connectivity index (χ1v) is 20.1. The van der Waals surface area contributed by atoms with Gasteiger partial charge in [0.05, 0.1) is 31.6 Å². The van der Waals surface area contributed by atoms with E-state index in [1.807, 2.05) is 18.2 Å². The third-order valence-corrected chi connectivity index (χ3v) is 13.0. The van der Waals surface area contributed by atoms with E-state index in [9.17, 15) is 15.0 Å². The van der Waals surface area contributed by atoms with E-state index in [1.165, 1.54) is 11.1 Å². The summed E-state index contributed by atoms with van der Waals surface area (Å²) in [5.41, 5.74) is 3.77. The highest BCUT2D eigenvalue weighted by molar-refractivity contribution is 6.30. The fraction of sp³-hybridized carbons (Fsp3) is 0.581. The average molecular weight is 746 g/mol. The molecule has 2 unspecified atom stereocenters. The number of benzene rings is 2. The molecular formula is C43H56ClN3O6. The zero-order valence-electron chi connectivity index (χ0n) is 31.7. The number of carbonyl (C=O) groups is 1. The van der Waals surface area contributed by atoms with Gasteiger partial charge in [0.1, 0.15) is 11.3 Å².